The maximum absolute atomic E-state index is 13.0. The van der Waals surface area contributed by atoms with Gasteiger partial charge in [-0.2, -0.15) is 0 Å². The van der Waals surface area contributed by atoms with E-state index in [-0.39, 0.29) is 11.9 Å². The van der Waals surface area contributed by atoms with Crippen molar-refractivity contribution < 1.29 is 19.1 Å². The number of furan rings is 1. The third kappa shape index (κ3) is 4.20. The van der Waals surface area contributed by atoms with Crippen molar-refractivity contribution >= 4 is 5.91 Å². The first-order valence-corrected chi connectivity index (χ1v) is 8.71. The summed E-state index contributed by atoms with van der Waals surface area (Å²) < 4.78 is 10.3. The Morgan fingerprint density at radius 3 is 2.96 bits per heavy atom. The van der Waals surface area contributed by atoms with Crippen molar-refractivity contribution in [2.24, 2.45) is 0 Å². The molecule has 2 atom stereocenters. The van der Waals surface area contributed by atoms with Gasteiger partial charge in [-0.3, -0.25) is 4.79 Å². The molecular weight excluding hydrogens is 320 g/mol. The maximum Gasteiger partial charge on any atom is 0.255 e. The zero-order chi connectivity index (χ0) is 17.6. The van der Waals surface area contributed by atoms with Gasteiger partial charge in [0.1, 0.15) is 11.9 Å². The second-order valence-corrected chi connectivity index (χ2v) is 6.36. The van der Waals surface area contributed by atoms with Crippen LogP contribution in [0.2, 0.25) is 0 Å². The molecule has 1 aliphatic heterocycles. The van der Waals surface area contributed by atoms with Crippen LogP contribution in [0.4, 0.5) is 0 Å². The minimum Gasteiger partial charge on any atom is -0.481 e. The SMILES string of the molecule is COc1ccc(C(=O)N2CCCCC[C@H]2C[C@@H](O)c2ccco2)cn1. The molecule has 0 radical (unpaired) electrons. The number of aliphatic hydroxyl groups is 1. The fourth-order valence-electron chi connectivity index (χ4n) is 3.34. The number of aliphatic hydroxyl groups excluding tert-OH is 1. The van der Waals surface area contributed by atoms with Gasteiger partial charge in [-0.15, -0.1) is 0 Å². The summed E-state index contributed by atoms with van der Waals surface area (Å²) in [6.45, 7) is 0.695. The number of likely N-dealkylation sites (tertiary alicyclic amines) is 1. The molecule has 0 bridgehead atoms. The number of aromatic nitrogens is 1. The molecule has 2 aromatic rings. The molecule has 6 heteroatoms. The molecule has 3 rings (SSSR count). The quantitative estimate of drug-likeness (QED) is 0.901. The molecular formula is C19H24N2O4. The molecule has 0 spiro atoms. The Kier molecular flexibility index (Phi) is 5.71. The predicted molar refractivity (Wildman–Crippen MR) is 92.4 cm³/mol. The summed E-state index contributed by atoms with van der Waals surface area (Å²) in [6, 6.07) is 6.94. The number of amides is 1. The molecule has 6 nitrogen and oxygen atoms in total. The van der Waals surface area contributed by atoms with Gasteiger partial charge < -0.3 is 19.2 Å². The van der Waals surface area contributed by atoms with Crippen LogP contribution in [0.25, 0.3) is 0 Å². The lowest BCUT2D eigenvalue weighted by Gasteiger charge is -2.31. The topological polar surface area (TPSA) is 75.8 Å². The van der Waals surface area contributed by atoms with E-state index in [0.717, 1.165) is 25.7 Å². The molecule has 0 aromatic carbocycles. The van der Waals surface area contributed by atoms with Crippen molar-refractivity contribution in [1.82, 2.24) is 9.88 Å². The van der Waals surface area contributed by atoms with Gasteiger partial charge in [0.25, 0.3) is 5.91 Å². The summed E-state index contributed by atoms with van der Waals surface area (Å²) in [6.07, 6.45) is 6.88. The highest BCUT2D eigenvalue weighted by atomic mass is 16.5. The molecule has 3 heterocycles. The molecule has 1 aliphatic rings. The Morgan fingerprint density at radius 2 is 2.28 bits per heavy atom. The third-order valence-corrected chi connectivity index (χ3v) is 4.70. The molecule has 0 aliphatic carbocycles. The van der Waals surface area contributed by atoms with Gasteiger partial charge in [0.15, 0.2) is 0 Å². The van der Waals surface area contributed by atoms with Crippen LogP contribution in [0, 0.1) is 0 Å². The van der Waals surface area contributed by atoms with Crippen molar-refractivity contribution in [3.05, 3.63) is 48.0 Å². The Balaban J connectivity index is 1.75. The van der Waals surface area contributed by atoms with Crippen molar-refractivity contribution in [2.75, 3.05) is 13.7 Å². The number of ether oxygens (including phenoxy) is 1. The van der Waals surface area contributed by atoms with Gasteiger partial charge in [-0.25, -0.2) is 4.98 Å². The zero-order valence-corrected chi connectivity index (χ0v) is 14.4. The number of carbonyl (C=O) groups is 1. The minimum atomic E-state index is -0.706. The van der Waals surface area contributed by atoms with Gasteiger partial charge in [-0.05, 0) is 31.0 Å². The first-order valence-electron chi connectivity index (χ1n) is 8.71. The van der Waals surface area contributed by atoms with E-state index >= 15 is 0 Å². The Morgan fingerprint density at radius 1 is 1.40 bits per heavy atom. The fourth-order valence-corrected chi connectivity index (χ4v) is 3.34. The highest BCUT2D eigenvalue weighted by molar-refractivity contribution is 5.94. The van der Waals surface area contributed by atoms with E-state index in [4.69, 9.17) is 9.15 Å². The lowest BCUT2D eigenvalue weighted by Crippen LogP contribution is -2.41. The van der Waals surface area contributed by atoms with Gasteiger partial charge in [0, 0.05) is 31.3 Å². The molecule has 2 aromatic heterocycles. The Labute approximate surface area is 147 Å². The van der Waals surface area contributed by atoms with Crippen LogP contribution in [0.3, 0.4) is 0 Å². The van der Waals surface area contributed by atoms with Crippen LogP contribution in [0.1, 0.15) is 54.3 Å². The van der Waals surface area contributed by atoms with Crippen molar-refractivity contribution in [1.29, 1.82) is 0 Å². The van der Waals surface area contributed by atoms with Gasteiger partial charge >= 0.3 is 0 Å². The van der Waals surface area contributed by atoms with E-state index in [2.05, 4.69) is 4.98 Å². The summed E-state index contributed by atoms with van der Waals surface area (Å²) in [4.78, 5) is 19.0. The van der Waals surface area contributed by atoms with Crippen LogP contribution < -0.4 is 4.74 Å². The fraction of sp³-hybridized carbons (Fsp3) is 0.474. The number of hydrogen-bond donors (Lipinski definition) is 1. The average Bonchev–Trinajstić information content (AvgIpc) is 3.09. The number of nitrogens with zero attached hydrogens (tertiary/aromatic N) is 2. The molecule has 25 heavy (non-hydrogen) atoms. The van der Waals surface area contributed by atoms with Gasteiger partial charge in [0.2, 0.25) is 5.88 Å². The van der Waals surface area contributed by atoms with Crippen molar-refractivity contribution in [3.8, 4) is 5.88 Å². The van der Waals surface area contributed by atoms with Crippen molar-refractivity contribution in [2.45, 2.75) is 44.2 Å². The van der Waals surface area contributed by atoms with Gasteiger partial charge in [0.05, 0.1) is 18.9 Å². The standard InChI is InChI=1S/C19H24N2O4/c1-24-18-9-8-14(13-20-18)19(23)21-10-4-2-3-6-15(21)12-16(22)17-7-5-11-25-17/h5,7-9,11,13,15-16,22H,2-4,6,10,12H2,1H3/t15-,16+/m0/s1. The number of methoxy groups -OCH3 is 1. The summed E-state index contributed by atoms with van der Waals surface area (Å²) in [5.74, 6) is 0.980. The third-order valence-electron chi connectivity index (χ3n) is 4.70. The second kappa shape index (κ2) is 8.16. The molecule has 1 N–H and O–H groups in total. The van der Waals surface area contributed by atoms with Crippen LogP contribution in [0.15, 0.2) is 41.1 Å². The highest BCUT2D eigenvalue weighted by Crippen LogP contribution is 2.28. The number of hydrogen-bond acceptors (Lipinski definition) is 5. The van der Waals surface area contributed by atoms with Crippen molar-refractivity contribution in [3.63, 3.8) is 0 Å². The maximum atomic E-state index is 13.0. The molecule has 134 valence electrons. The van der Waals surface area contributed by atoms with E-state index in [0.29, 0.717) is 30.2 Å². The molecule has 1 saturated heterocycles. The summed E-state index contributed by atoms with van der Waals surface area (Å²) in [7, 11) is 1.55. The lowest BCUT2D eigenvalue weighted by atomic mass is 10.0. The van der Waals surface area contributed by atoms with E-state index in [9.17, 15) is 9.90 Å². The smallest absolute Gasteiger partial charge is 0.255 e. The predicted octanol–water partition coefficient (Wildman–Crippen LogP) is 3.19. The lowest BCUT2D eigenvalue weighted by molar-refractivity contribution is 0.0557. The highest BCUT2D eigenvalue weighted by Gasteiger charge is 2.29. The summed E-state index contributed by atoms with van der Waals surface area (Å²) >= 11 is 0. The normalized spacial score (nSPS) is 19.3. The van der Waals surface area contributed by atoms with Crippen LogP contribution in [-0.2, 0) is 0 Å². The number of carbonyl (C=O) groups excluding carboxylic acids is 1. The van der Waals surface area contributed by atoms with E-state index < -0.39 is 6.10 Å². The van der Waals surface area contributed by atoms with E-state index in [1.54, 1.807) is 43.8 Å². The van der Waals surface area contributed by atoms with Crippen LogP contribution in [0.5, 0.6) is 5.88 Å². The number of rotatable bonds is 5. The summed E-state index contributed by atoms with van der Waals surface area (Å²) in [5, 5.41) is 10.4. The molecule has 1 fully saturated rings. The first-order chi connectivity index (χ1) is 12.2. The Bertz CT molecular complexity index is 669. The molecule has 1 amide bonds. The second-order valence-electron chi connectivity index (χ2n) is 6.36. The minimum absolute atomic E-state index is 0.0165. The van der Waals surface area contributed by atoms with E-state index in [1.165, 1.54) is 0 Å². The molecule has 0 unspecified atom stereocenters. The summed E-state index contributed by atoms with van der Waals surface area (Å²) in [5.41, 5.74) is 0.542. The van der Waals surface area contributed by atoms with Gasteiger partial charge in [-0.1, -0.05) is 12.8 Å². The zero-order valence-electron chi connectivity index (χ0n) is 14.4. The monoisotopic (exact) mass is 344 g/mol. The van der Waals surface area contributed by atoms with E-state index in [1.807, 2.05) is 4.90 Å². The average molecular weight is 344 g/mol. The largest absolute Gasteiger partial charge is 0.481 e. The Hall–Kier alpha value is -2.34. The number of pyridine rings is 1. The van der Waals surface area contributed by atoms with Crippen LogP contribution in [-0.4, -0.2) is 40.6 Å². The molecule has 0 saturated carbocycles. The van der Waals surface area contributed by atoms with Crippen LogP contribution >= 0.6 is 0 Å². The first kappa shape index (κ1) is 17.5.